The van der Waals surface area contributed by atoms with Gasteiger partial charge in [-0.1, -0.05) is 60.7 Å². The van der Waals surface area contributed by atoms with Gasteiger partial charge in [-0.2, -0.15) is 0 Å². The van der Waals surface area contributed by atoms with Gasteiger partial charge in [-0.3, -0.25) is 0 Å². The van der Waals surface area contributed by atoms with E-state index in [9.17, 15) is 0 Å². The van der Waals surface area contributed by atoms with Crippen LogP contribution < -0.4 is 0 Å². The fraction of sp³-hybridized carbons (Fsp3) is 0.222. The molecule has 2 aliphatic rings. The molecule has 2 aliphatic carbocycles. The lowest BCUT2D eigenvalue weighted by Crippen LogP contribution is -2.04. The first-order valence-corrected chi connectivity index (χ1v) is 6.78. The maximum Gasteiger partial charge on any atom is 0.00961 e. The molecule has 0 heteroatoms. The molecular weight excluding hydrogens is 216 g/mol. The molecule has 0 nitrogen and oxygen atoms in total. The van der Waals surface area contributed by atoms with E-state index in [2.05, 4.69) is 60.7 Å². The number of hydrogen-bond acceptors (Lipinski definition) is 0. The van der Waals surface area contributed by atoms with Crippen LogP contribution in [0.4, 0.5) is 0 Å². The number of aryl methyl sites for hydroxylation is 1. The molecule has 0 amide bonds. The summed E-state index contributed by atoms with van der Waals surface area (Å²) in [5.74, 6) is 1.27. The lowest BCUT2D eigenvalue weighted by molar-refractivity contribution is 0.618. The Hall–Kier alpha value is -1.82. The van der Waals surface area contributed by atoms with E-state index in [0.29, 0.717) is 11.8 Å². The van der Waals surface area contributed by atoms with Crippen LogP contribution in [0.1, 0.15) is 40.5 Å². The molecule has 2 aromatic carbocycles. The van der Waals surface area contributed by atoms with Gasteiger partial charge in [-0.15, -0.1) is 0 Å². The van der Waals surface area contributed by atoms with Crippen LogP contribution in [0, 0.1) is 0 Å². The van der Waals surface area contributed by atoms with Gasteiger partial charge < -0.3 is 0 Å². The molecule has 0 radical (unpaired) electrons. The smallest absolute Gasteiger partial charge is 0.00961 e. The van der Waals surface area contributed by atoms with Gasteiger partial charge in [0.05, 0.1) is 0 Å². The Balaban J connectivity index is 1.77. The summed E-state index contributed by atoms with van der Waals surface area (Å²) in [7, 11) is 0. The first kappa shape index (κ1) is 10.1. The van der Waals surface area contributed by atoms with Gasteiger partial charge in [0.15, 0.2) is 0 Å². The van der Waals surface area contributed by atoms with E-state index in [4.69, 9.17) is 0 Å². The molecule has 2 unspecified atom stereocenters. The minimum Gasteiger partial charge on any atom is -0.0758 e. The zero-order chi connectivity index (χ0) is 11.9. The number of fused-ring (bicyclic) bond motifs is 2. The third-order valence-electron chi connectivity index (χ3n) is 4.45. The van der Waals surface area contributed by atoms with Crippen LogP contribution in [-0.2, 0) is 6.42 Å². The Morgan fingerprint density at radius 2 is 1.61 bits per heavy atom. The predicted molar refractivity (Wildman–Crippen MR) is 75.7 cm³/mol. The van der Waals surface area contributed by atoms with Gasteiger partial charge in [0.1, 0.15) is 0 Å². The Kier molecular flexibility index (Phi) is 2.16. The monoisotopic (exact) mass is 232 g/mol. The van der Waals surface area contributed by atoms with Gasteiger partial charge in [-0.05, 0) is 41.0 Å². The molecule has 4 rings (SSSR count). The van der Waals surface area contributed by atoms with E-state index < -0.39 is 0 Å². The summed E-state index contributed by atoms with van der Waals surface area (Å²) in [6, 6.07) is 17.8. The second kappa shape index (κ2) is 3.84. The molecule has 0 spiro atoms. The number of hydrogen-bond donors (Lipinski definition) is 0. The van der Waals surface area contributed by atoms with Crippen LogP contribution in [0.2, 0.25) is 0 Å². The maximum atomic E-state index is 2.40. The summed E-state index contributed by atoms with van der Waals surface area (Å²) in [6.45, 7) is 0. The van der Waals surface area contributed by atoms with Crippen molar-refractivity contribution in [3.8, 4) is 0 Å². The quantitative estimate of drug-likeness (QED) is 0.677. The van der Waals surface area contributed by atoms with Crippen molar-refractivity contribution >= 4 is 6.08 Å². The largest absolute Gasteiger partial charge is 0.0758 e. The highest BCUT2D eigenvalue weighted by molar-refractivity contribution is 5.63. The molecule has 0 saturated heterocycles. The van der Waals surface area contributed by atoms with Gasteiger partial charge in [0.25, 0.3) is 0 Å². The highest BCUT2D eigenvalue weighted by Gasteiger charge is 2.31. The molecule has 0 N–H and O–H groups in total. The minimum absolute atomic E-state index is 0.588. The molecule has 0 aromatic heterocycles. The Labute approximate surface area is 108 Å². The molecular formula is C18H16. The minimum atomic E-state index is 0.588. The number of rotatable bonds is 1. The molecule has 0 saturated carbocycles. The normalized spacial score (nSPS) is 24.0. The summed E-state index contributed by atoms with van der Waals surface area (Å²) >= 11 is 0. The predicted octanol–water partition coefficient (Wildman–Crippen LogP) is 4.53. The maximum absolute atomic E-state index is 2.40. The van der Waals surface area contributed by atoms with E-state index in [1.54, 1.807) is 11.1 Å². The lowest BCUT2D eigenvalue weighted by atomic mass is 9.84. The van der Waals surface area contributed by atoms with E-state index in [0.717, 1.165) is 0 Å². The fourth-order valence-corrected chi connectivity index (χ4v) is 3.59. The summed E-state index contributed by atoms with van der Waals surface area (Å²) in [5.41, 5.74) is 6.05. The molecule has 88 valence electrons. The Bertz CT molecular complexity index is 621. The topological polar surface area (TPSA) is 0 Å². The van der Waals surface area contributed by atoms with Crippen LogP contribution >= 0.6 is 0 Å². The SMILES string of the molecule is C1=CC(C2CCc3ccccc32)c2ccccc21. The van der Waals surface area contributed by atoms with E-state index in [-0.39, 0.29) is 0 Å². The van der Waals surface area contributed by atoms with Crippen molar-refractivity contribution in [2.45, 2.75) is 24.7 Å². The van der Waals surface area contributed by atoms with Gasteiger partial charge in [-0.25, -0.2) is 0 Å². The van der Waals surface area contributed by atoms with Crippen molar-refractivity contribution < 1.29 is 0 Å². The third-order valence-corrected chi connectivity index (χ3v) is 4.45. The highest BCUT2D eigenvalue weighted by atomic mass is 14.3. The van der Waals surface area contributed by atoms with E-state index >= 15 is 0 Å². The Morgan fingerprint density at radius 3 is 2.56 bits per heavy atom. The van der Waals surface area contributed by atoms with E-state index in [1.807, 2.05) is 0 Å². The highest BCUT2D eigenvalue weighted by Crippen LogP contribution is 2.46. The number of allylic oxidation sites excluding steroid dienone is 1. The second-order valence-corrected chi connectivity index (χ2v) is 5.36. The Morgan fingerprint density at radius 1 is 0.833 bits per heavy atom. The molecule has 2 atom stereocenters. The molecule has 0 bridgehead atoms. The molecule has 0 heterocycles. The molecule has 0 fully saturated rings. The van der Waals surface area contributed by atoms with Crippen LogP contribution in [0.25, 0.3) is 6.08 Å². The third kappa shape index (κ3) is 1.38. The zero-order valence-electron chi connectivity index (χ0n) is 10.3. The van der Waals surface area contributed by atoms with Crippen molar-refractivity contribution in [2.24, 2.45) is 0 Å². The van der Waals surface area contributed by atoms with Crippen molar-refractivity contribution in [3.05, 3.63) is 76.9 Å². The summed E-state index contributed by atoms with van der Waals surface area (Å²) in [5, 5.41) is 0. The molecule has 2 aromatic rings. The standard InChI is InChI=1S/C18H16/c1-3-7-15-13(5-1)9-11-17(15)18-12-10-14-6-2-4-8-16(14)18/h1-9,11,17-18H,10,12H2. The average molecular weight is 232 g/mol. The molecule has 0 aliphatic heterocycles. The van der Waals surface area contributed by atoms with Crippen molar-refractivity contribution in [1.82, 2.24) is 0 Å². The van der Waals surface area contributed by atoms with Crippen LogP contribution in [0.15, 0.2) is 54.6 Å². The van der Waals surface area contributed by atoms with Crippen LogP contribution in [0.5, 0.6) is 0 Å². The molecule has 18 heavy (non-hydrogen) atoms. The van der Waals surface area contributed by atoms with E-state index in [1.165, 1.54) is 24.0 Å². The number of benzene rings is 2. The first-order valence-electron chi connectivity index (χ1n) is 6.78. The van der Waals surface area contributed by atoms with Gasteiger partial charge in [0.2, 0.25) is 0 Å². The van der Waals surface area contributed by atoms with Crippen molar-refractivity contribution in [2.75, 3.05) is 0 Å². The summed E-state index contributed by atoms with van der Waals surface area (Å²) in [6.07, 6.45) is 7.23. The summed E-state index contributed by atoms with van der Waals surface area (Å²) in [4.78, 5) is 0. The summed E-state index contributed by atoms with van der Waals surface area (Å²) < 4.78 is 0. The van der Waals surface area contributed by atoms with Crippen LogP contribution in [-0.4, -0.2) is 0 Å². The van der Waals surface area contributed by atoms with Crippen molar-refractivity contribution in [3.63, 3.8) is 0 Å². The average Bonchev–Trinajstić information content (AvgIpc) is 3.01. The van der Waals surface area contributed by atoms with Gasteiger partial charge >= 0.3 is 0 Å². The second-order valence-electron chi connectivity index (χ2n) is 5.36. The van der Waals surface area contributed by atoms with Crippen molar-refractivity contribution in [1.29, 1.82) is 0 Å². The fourth-order valence-electron chi connectivity index (χ4n) is 3.59. The first-order chi connectivity index (χ1) is 8.93. The van der Waals surface area contributed by atoms with Gasteiger partial charge in [0, 0.05) is 5.92 Å². The lowest BCUT2D eigenvalue weighted by Gasteiger charge is -2.20. The zero-order valence-corrected chi connectivity index (χ0v) is 10.3. The van der Waals surface area contributed by atoms with Crippen LogP contribution in [0.3, 0.4) is 0 Å².